The molecule has 0 aliphatic carbocycles. The van der Waals surface area contributed by atoms with E-state index in [-0.39, 0.29) is 0 Å². The van der Waals surface area contributed by atoms with Crippen LogP contribution in [0.1, 0.15) is 31.4 Å². The summed E-state index contributed by atoms with van der Waals surface area (Å²) < 4.78 is 1.06. The molecule has 0 aromatic heterocycles. The summed E-state index contributed by atoms with van der Waals surface area (Å²) in [5, 5.41) is 9.82. The van der Waals surface area contributed by atoms with E-state index in [4.69, 9.17) is 0 Å². The molecule has 0 spiro atoms. The largest absolute Gasteiger partial charge is 0.507 e. The summed E-state index contributed by atoms with van der Waals surface area (Å²) in [6, 6.07) is 3.98. The van der Waals surface area contributed by atoms with Gasteiger partial charge in [-0.3, -0.25) is 0 Å². The summed E-state index contributed by atoms with van der Waals surface area (Å²) in [5.41, 5.74) is 2.08. The zero-order valence-electron chi connectivity index (χ0n) is 8.10. The molecule has 2 heteroatoms. The number of rotatable bonds is 3. The minimum Gasteiger partial charge on any atom is -0.507 e. The van der Waals surface area contributed by atoms with E-state index in [1.807, 2.05) is 12.1 Å². The van der Waals surface area contributed by atoms with Crippen LogP contribution in [0.15, 0.2) is 16.6 Å². The molecule has 0 amide bonds. The molecule has 0 bridgehead atoms. The lowest BCUT2D eigenvalue weighted by Crippen LogP contribution is -1.90. The van der Waals surface area contributed by atoms with Gasteiger partial charge in [-0.15, -0.1) is 0 Å². The quantitative estimate of drug-likeness (QED) is 0.858. The number of aryl methyl sites for hydroxylation is 2. The van der Waals surface area contributed by atoms with Crippen molar-refractivity contribution < 1.29 is 5.11 Å². The normalized spacial score (nSPS) is 10.4. The Morgan fingerprint density at radius 1 is 1.23 bits per heavy atom. The standard InChI is InChI=1S/C11H15BrO/c1-3-5-9-7-10(12)6-8(4-2)11(9)13/h6-7,13H,3-5H2,1-2H3. The average Bonchev–Trinajstić information content (AvgIpc) is 2.11. The Balaban J connectivity index is 3.11. The van der Waals surface area contributed by atoms with Crippen LogP contribution in [0.25, 0.3) is 0 Å². The Hall–Kier alpha value is -0.500. The molecular weight excluding hydrogens is 228 g/mol. The summed E-state index contributed by atoms with van der Waals surface area (Å²) in [7, 11) is 0. The maximum Gasteiger partial charge on any atom is 0.122 e. The van der Waals surface area contributed by atoms with Crippen LogP contribution < -0.4 is 0 Å². The topological polar surface area (TPSA) is 20.2 Å². The van der Waals surface area contributed by atoms with Gasteiger partial charge in [-0.25, -0.2) is 0 Å². The van der Waals surface area contributed by atoms with Gasteiger partial charge >= 0.3 is 0 Å². The minimum atomic E-state index is 0.479. The van der Waals surface area contributed by atoms with Gasteiger partial charge in [0.05, 0.1) is 0 Å². The maximum absolute atomic E-state index is 9.82. The van der Waals surface area contributed by atoms with Gasteiger partial charge in [-0.2, -0.15) is 0 Å². The molecule has 1 N–H and O–H groups in total. The monoisotopic (exact) mass is 242 g/mol. The number of phenols is 1. The molecule has 72 valence electrons. The molecular formula is C11H15BrO. The molecule has 0 aliphatic heterocycles. The molecule has 1 aromatic carbocycles. The fourth-order valence-corrected chi connectivity index (χ4v) is 2.00. The van der Waals surface area contributed by atoms with Gasteiger partial charge in [0.25, 0.3) is 0 Å². The molecule has 1 nitrogen and oxygen atoms in total. The van der Waals surface area contributed by atoms with E-state index in [2.05, 4.69) is 29.8 Å². The average molecular weight is 243 g/mol. The lowest BCUT2D eigenvalue weighted by atomic mass is 10.0. The number of phenolic OH excluding ortho intramolecular Hbond substituents is 1. The number of hydrogen-bond acceptors (Lipinski definition) is 1. The molecule has 0 atom stereocenters. The molecule has 0 saturated heterocycles. The van der Waals surface area contributed by atoms with Crippen molar-refractivity contribution in [2.24, 2.45) is 0 Å². The highest BCUT2D eigenvalue weighted by Crippen LogP contribution is 2.28. The number of halogens is 1. The summed E-state index contributed by atoms with van der Waals surface area (Å²) >= 11 is 3.45. The van der Waals surface area contributed by atoms with Crippen molar-refractivity contribution >= 4 is 15.9 Å². The van der Waals surface area contributed by atoms with Crippen molar-refractivity contribution in [3.8, 4) is 5.75 Å². The van der Waals surface area contributed by atoms with Crippen LogP contribution in [0.2, 0.25) is 0 Å². The van der Waals surface area contributed by atoms with E-state index in [0.29, 0.717) is 5.75 Å². The van der Waals surface area contributed by atoms with E-state index in [0.717, 1.165) is 34.9 Å². The Morgan fingerprint density at radius 2 is 1.85 bits per heavy atom. The molecule has 0 unspecified atom stereocenters. The van der Waals surface area contributed by atoms with Gasteiger partial charge in [0.1, 0.15) is 5.75 Å². The highest BCUT2D eigenvalue weighted by Gasteiger charge is 2.06. The molecule has 0 saturated carbocycles. The predicted molar refractivity (Wildman–Crippen MR) is 59.2 cm³/mol. The second-order valence-corrected chi connectivity index (χ2v) is 4.09. The van der Waals surface area contributed by atoms with E-state index < -0.39 is 0 Å². The SMILES string of the molecule is CCCc1cc(Br)cc(CC)c1O. The van der Waals surface area contributed by atoms with Crippen molar-refractivity contribution in [1.29, 1.82) is 0 Å². The van der Waals surface area contributed by atoms with Crippen molar-refractivity contribution in [3.63, 3.8) is 0 Å². The summed E-state index contributed by atoms with van der Waals surface area (Å²) in [4.78, 5) is 0. The molecule has 0 aliphatic rings. The second-order valence-electron chi connectivity index (χ2n) is 3.18. The van der Waals surface area contributed by atoms with Gasteiger partial charge in [0, 0.05) is 4.47 Å². The number of aromatic hydroxyl groups is 1. The third-order valence-electron chi connectivity index (χ3n) is 2.13. The lowest BCUT2D eigenvalue weighted by molar-refractivity contribution is 0.461. The highest BCUT2D eigenvalue weighted by atomic mass is 79.9. The van der Waals surface area contributed by atoms with Crippen molar-refractivity contribution in [2.75, 3.05) is 0 Å². The van der Waals surface area contributed by atoms with Gasteiger partial charge in [-0.1, -0.05) is 36.2 Å². The van der Waals surface area contributed by atoms with E-state index >= 15 is 0 Å². The van der Waals surface area contributed by atoms with Crippen molar-refractivity contribution in [2.45, 2.75) is 33.1 Å². The first-order valence-electron chi connectivity index (χ1n) is 4.69. The molecule has 13 heavy (non-hydrogen) atoms. The highest BCUT2D eigenvalue weighted by molar-refractivity contribution is 9.10. The van der Waals surface area contributed by atoms with Gasteiger partial charge < -0.3 is 5.11 Å². The van der Waals surface area contributed by atoms with Crippen LogP contribution in [0.4, 0.5) is 0 Å². The van der Waals surface area contributed by atoms with Crippen LogP contribution >= 0.6 is 15.9 Å². The lowest BCUT2D eigenvalue weighted by Gasteiger charge is -2.08. The molecule has 0 radical (unpaired) electrons. The molecule has 0 fully saturated rings. The zero-order valence-corrected chi connectivity index (χ0v) is 9.69. The molecule has 1 rings (SSSR count). The Bertz CT molecular complexity index is 294. The Kier molecular flexibility index (Phi) is 3.79. The van der Waals surface area contributed by atoms with E-state index in [9.17, 15) is 5.11 Å². The molecule has 0 heterocycles. The second kappa shape index (κ2) is 4.66. The van der Waals surface area contributed by atoms with Gasteiger partial charge in [-0.05, 0) is 36.1 Å². The number of hydrogen-bond donors (Lipinski definition) is 1. The van der Waals surface area contributed by atoms with Crippen LogP contribution in [-0.2, 0) is 12.8 Å². The fourth-order valence-electron chi connectivity index (χ4n) is 1.45. The maximum atomic E-state index is 9.82. The van der Waals surface area contributed by atoms with Crippen molar-refractivity contribution in [1.82, 2.24) is 0 Å². The summed E-state index contributed by atoms with van der Waals surface area (Å²) in [5.74, 6) is 0.479. The molecule has 1 aromatic rings. The Labute approximate surface area is 87.9 Å². The van der Waals surface area contributed by atoms with E-state index in [1.54, 1.807) is 0 Å². The minimum absolute atomic E-state index is 0.479. The van der Waals surface area contributed by atoms with Crippen LogP contribution in [0.3, 0.4) is 0 Å². The summed E-state index contributed by atoms with van der Waals surface area (Å²) in [6.45, 7) is 4.17. The first-order chi connectivity index (χ1) is 6.19. The smallest absolute Gasteiger partial charge is 0.122 e. The van der Waals surface area contributed by atoms with Crippen LogP contribution in [-0.4, -0.2) is 5.11 Å². The fraction of sp³-hybridized carbons (Fsp3) is 0.455. The van der Waals surface area contributed by atoms with Crippen molar-refractivity contribution in [3.05, 3.63) is 27.7 Å². The summed E-state index contributed by atoms with van der Waals surface area (Å²) in [6.07, 6.45) is 2.88. The Morgan fingerprint density at radius 3 is 2.38 bits per heavy atom. The van der Waals surface area contributed by atoms with E-state index in [1.165, 1.54) is 0 Å². The third-order valence-corrected chi connectivity index (χ3v) is 2.59. The zero-order chi connectivity index (χ0) is 9.84. The van der Waals surface area contributed by atoms with Gasteiger partial charge in [0.15, 0.2) is 0 Å². The van der Waals surface area contributed by atoms with Gasteiger partial charge in [0.2, 0.25) is 0 Å². The first kappa shape index (κ1) is 10.6. The van der Waals surface area contributed by atoms with Crippen LogP contribution in [0.5, 0.6) is 5.75 Å². The van der Waals surface area contributed by atoms with Crippen LogP contribution in [0, 0.1) is 0 Å². The third kappa shape index (κ3) is 2.47. The number of benzene rings is 1. The first-order valence-corrected chi connectivity index (χ1v) is 5.48. The predicted octanol–water partition coefficient (Wildman–Crippen LogP) is 3.67.